The number of carbonyl (C=O) groups is 2. The lowest BCUT2D eigenvalue weighted by Crippen LogP contribution is -2.35. The van der Waals surface area contributed by atoms with Gasteiger partial charge in [0, 0.05) is 0 Å². The Kier molecular flexibility index (Phi) is 5.83. The van der Waals surface area contributed by atoms with Gasteiger partial charge in [0.05, 0.1) is 16.8 Å². The number of carbonyl (C=O) groups excluding carboxylic acids is 2. The summed E-state index contributed by atoms with van der Waals surface area (Å²) in [5.41, 5.74) is 16.9. The molecule has 2 aromatic rings. The van der Waals surface area contributed by atoms with E-state index >= 15 is 0 Å². The van der Waals surface area contributed by atoms with Crippen molar-refractivity contribution < 1.29 is 9.59 Å². The van der Waals surface area contributed by atoms with Crippen molar-refractivity contribution in [2.45, 2.75) is 19.4 Å². The third kappa shape index (κ3) is 4.39. The van der Waals surface area contributed by atoms with E-state index in [-0.39, 0.29) is 22.3 Å². The lowest BCUT2D eigenvalue weighted by Gasteiger charge is -2.15. The number of nitrogens with two attached hydrogens (primary N) is 3. The first kappa shape index (κ1) is 18.5. The predicted molar refractivity (Wildman–Crippen MR) is 102 cm³/mol. The van der Waals surface area contributed by atoms with E-state index in [2.05, 4.69) is 20.6 Å². The minimum atomic E-state index is -0.773. The molecule has 0 unspecified atom stereocenters. The van der Waals surface area contributed by atoms with Gasteiger partial charge in [0.2, 0.25) is 5.91 Å². The Bertz CT molecular complexity index is 821. The van der Waals surface area contributed by atoms with E-state index in [9.17, 15) is 9.59 Å². The molecule has 0 saturated carbocycles. The van der Waals surface area contributed by atoms with Crippen molar-refractivity contribution in [3.63, 3.8) is 0 Å². The molecule has 1 atom stereocenters. The van der Waals surface area contributed by atoms with Crippen molar-refractivity contribution in [1.82, 2.24) is 9.97 Å². The monoisotopic (exact) mass is 379 g/mol. The first-order chi connectivity index (χ1) is 11.8. The van der Waals surface area contributed by atoms with Crippen LogP contribution in [0.1, 0.15) is 28.7 Å². The molecule has 0 spiro atoms. The summed E-state index contributed by atoms with van der Waals surface area (Å²) >= 11 is 6.63. The van der Waals surface area contributed by atoms with Gasteiger partial charge in [-0.05, 0) is 17.9 Å². The average Bonchev–Trinajstić information content (AvgIpc) is 2.98. The molecule has 0 bridgehead atoms. The van der Waals surface area contributed by atoms with Crippen LogP contribution in [0.3, 0.4) is 0 Å². The molecule has 132 valence electrons. The average molecular weight is 379 g/mol. The predicted octanol–water partition coefficient (Wildman–Crippen LogP) is 0.683. The van der Waals surface area contributed by atoms with Crippen molar-refractivity contribution in [3.05, 3.63) is 28.2 Å². The number of aromatic nitrogens is 2. The Morgan fingerprint density at radius 3 is 2.64 bits per heavy atom. The molecule has 2 aromatic heterocycles. The topological polar surface area (TPSA) is 162 Å². The van der Waals surface area contributed by atoms with Gasteiger partial charge in [-0.2, -0.15) is 0 Å². The number of nitrogens with one attached hydrogen (secondary N) is 2. The third-order valence-corrected chi connectivity index (χ3v) is 4.60. The van der Waals surface area contributed by atoms with Crippen LogP contribution in [0.25, 0.3) is 0 Å². The molecule has 0 saturated heterocycles. The van der Waals surface area contributed by atoms with E-state index in [1.165, 1.54) is 17.5 Å². The molecule has 25 heavy (non-hydrogen) atoms. The fourth-order valence-corrected chi connectivity index (χ4v) is 3.02. The smallest absolute Gasteiger partial charge is 0.271 e. The van der Waals surface area contributed by atoms with Crippen molar-refractivity contribution >= 4 is 57.7 Å². The Morgan fingerprint density at radius 2 is 2.12 bits per heavy atom. The fraction of sp³-hybridized carbons (Fsp3) is 0.214. The van der Waals surface area contributed by atoms with Gasteiger partial charge in [0.15, 0.2) is 11.5 Å². The van der Waals surface area contributed by atoms with Gasteiger partial charge in [0.25, 0.3) is 5.91 Å². The van der Waals surface area contributed by atoms with Gasteiger partial charge >= 0.3 is 0 Å². The molecular formula is C14H17N7O2S2. The number of nitrogen functional groups attached to an aromatic ring is 1. The van der Waals surface area contributed by atoms with Gasteiger partial charge in [0.1, 0.15) is 16.8 Å². The van der Waals surface area contributed by atoms with Crippen molar-refractivity contribution in [1.29, 1.82) is 0 Å². The lowest BCUT2D eigenvalue weighted by atomic mass is 10.2. The van der Waals surface area contributed by atoms with E-state index in [0.29, 0.717) is 17.0 Å². The van der Waals surface area contributed by atoms with E-state index in [1.54, 1.807) is 18.4 Å². The van der Waals surface area contributed by atoms with Gasteiger partial charge in [-0.1, -0.05) is 19.1 Å². The number of hydrogen-bond donors (Lipinski definition) is 5. The van der Waals surface area contributed by atoms with Crippen LogP contribution in [0, 0.1) is 0 Å². The fourth-order valence-electron chi connectivity index (χ4n) is 1.95. The Hall–Kier alpha value is -2.79. The van der Waals surface area contributed by atoms with E-state index < -0.39 is 17.9 Å². The first-order valence-corrected chi connectivity index (χ1v) is 8.49. The van der Waals surface area contributed by atoms with Gasteiger partial charge in [-0.15, -0.1) is 11.3 Å². The standard InChI is InChI=1S/C14H17N7O2S2/c1-2-7(11(16)22)19-8-5-18-9(12(17)23)13(20-8)21-14(24)10-6(15)3-4-25-10/h3-5,7H,2,15H2,1H3,(H2,16,22)(H2,17,23)(H2,19,20,21,24)/t7-/m1/s1. The third-order valence-electron chi connectivity index (χ3n) is 3.21. The largest absolute Gasteiger partial charge is 0.397 e. The molecule has 0 fully saturated rings. The molecule has 2 rings (SSSR count). The maximum atomic E-state index is 11.6. The number of hydrogen-bond acceptors (Lipinski definition) is 8. The summed E-state index contributed by atoms with van der Waals surface area (Å²) in [4.78, 5) is 32.0. The van der Waals surface area contributed by atoms with Crippen molar-refractivity contribution in [3.8, 4) is 0 Å². The molecule has 0 aromatic carbocycles. The number of thiocarbonyl (C=S) groups is 1. The second kappa shape index (κ2) is 7.85. The SMILES string of the molecule is CC[C@@H](Nc1cnc(C(N)=O)c(NC(=S)c2sccc2N)n1)C(N)=O. The number of anilines is 3. The van der Waals surface area contributed by atoms with E-state index in [1.807, 2.05) is 0 Å². The number of amides is 2. The molecule has 11 heteroatoms. The Balaban J connectivity index is 2.32. The summed E-state index contributed by atoms with van der Waals surface area (Å²) in [7, 11) is 0. The summed E-state index contributed by atoms with van der Waals surface area (Å²) in [6, 6.07) is 1.09. The van der Waals surface area contributed by atoms with Gasteiger partial charge in [-0.3, -0.25) is 9.59 Å². The molecule has 8 N–H and O–H groups in total. The Labute approximate surface area is 153 Å². The van der Waals surface area contributed by atoms with Crippen molar-refractivity contribution in [2.75, 3.05) is 16.4 Å². The summed E-state index contributed by atoms with van der Waals surface area (Å²) in [5, 5.41) is 7.46. The first-order valence-electron chi connectivity index (χ1n) is 7.20. The molecule has 2 heterocycles. The highest BCUT2D eigenvalue weighted by molar-refractivity contribution is 7.81. The maximum absolute atomic E-state index is 11.6. The van der Waals surface area contributed by atoms with Gasteiger partial charge < -0.3 is 27.8 Å². The minimum Gasteiger partial charge on any atom is -0.397 e. The molecule has 9 nitrogen and oxygen atoms in total. The van der Waals surface area contributed by atoms with Crippen LogP contribution in [0.2, 0.25) is 0 Å². The zero-order chi connectivity index (χ0) is 18.6. The highest BCUT2D eigenvalue weighted by Gasteiger charge is 2.18. The molecule has 0 aliphatic carbocycles. The number of thiophene rings is 1. The highest BCUT2D eigenvalue weighted by atomic mass is 32.1. The van der Waals surface area contributed by atoms with E-state index in [4.69, 9.17) is 29.4 Å². The van der Waals surface area contributed by atoms with Crippen LogP contribution >= 0.6 is 23.6 Å². The van der Waals surface area contributed by atoms with Gasteiger partial charge in [-0.25, -0.2) is 9.97 Å². The molecular weight excluding hydrogens is 362 g/mol. The van der Waals surface area contributed by atoms with Crippen LogP contribution < -0.4 is 27.8 Å². The number of primary amides is 2. The molecule has 0 radical (unpaired) electrons. The molecule has 0 aliphatic heterocycles. The van der Waals surface area contributed by atoms with Crippen LogP contribution in [-0.2, 0) is 4.79 Å². The van der Waals surface area contributed by atoms with Crippen LogP contribution in [-0.4, -0.2) is 32.8 Å². The molecule has 2 amide bonds. The second-order valence-corrected chi connectivity index (χ2v) is 6.31. The van der Waals surface area contributed by atoms with Crippen molar-refractivity contribution in [2.24, 2.45) is 11.5 Å². The van der Waals surface area contributed by atoms with Crippen LogP contribution in [0.4, 0.5) is 17.3 Å². The summed E-state index contributed by atoms with van der Waals surface area (Å²) in [6.45, 7) is 1.79. The van der Waals surface area contributed by atoms with Crippen LogP contribution in [0.15, 0.2) is 17.6 Å². The highest BCUT2D eigenvalue weighted by Crippen LogP contribution is 2.22. The van der Waals surface area contributed by atoms with Crippen LogP contribution in [0.5, 0.6) is 0 Å². The number of rotatable bonds is 7. The quantitative estimate of drug-likeness (QED) is 0.439. The Morgan fingerprint density at radius 1 is 1.40 bits per heavy atom. The minimum absolute atomic E-state index is 0.0645. The van der Waals surface area contributed by atoms with E-state index in [0.717, 1.165) is 0 Å². The second-order valence-electron chi connectivity index (χ2n) is 4.98. The summed E-state index contributed by atoms with van der Waals surface area (Å²) in [6.07, 6.45) is 1.75. The molecule has 0 aliphatic rings. The summed E-state index contributed by atoms with van der Waals surface area (Å²) < 4.78 is 0. The lowest BCUT2D eigenvalue weighted by molar-refractivity contribution is -0.118. The zero-order valence-corrected chi connectivity index (χ0v) is 14.9. The zero-order valence-electron chi connectivity index (χ0n) is 13.3. The number of nitrogens with zero attached hydrogens (tertiary/aromatic N) is 2. The summed E-state index contributed by atoms with van der Waals surface area (Å²) in [5.74, 6) is -0.986. The normalized spacial score (nSPS) is 11.6. The maximum Gasteiger partial charge on any atom is 0.271 e.